The topological polar surface area (TPSA) is 57.7 Å². The van der Waals surface area contributed by atoms with Crippen molar-refractivity contribution in [3.05, 3.63) is 65.5 Å². The summed E-state index contributed by atoms with van der Waals surface area (Å²) < 4.78 is 41.4. The highest BCUT2D eigenvalue weighted by molar-refractivity contribution is 7.89. The lowest BCUT2D eigenvalue weighted by atomic mass is 9.96. The first-order valence-corrected chi connectivity index (χ1v) is 11.9. The lowest BCUT2D eigenvalue weighted by Gasteiger charge is -2.34. The zero-order valence-electron chi connectivity index (χ0n) is 17.1. The van der Waals surface area contributed by atoms with Crippen molar-refractivity contribution in [3.63, 3.8) is 0 Å². The van der Waals surface area contributed by atoms with Crippen molar-refractivity contribution in [2.24, 2.45) is 5.92 Å². The number of benzene rings is 2. The van der Waals surface area contributed by atoms with Gasteiger partial charge in [0.15, 0.2) is 0 Å². The van der Waals surface area contributed by atoms with Crippen LogP contribution in [0.4, 0.5) is 4.39 Å². The van der Waals surface area contributed by atoms with Crippen LogP contribution in [0.1, 0.15) is 36.8 Å². The maximum absolute atomic E-state index is 14.1. The van der Waals surface area contributed by atoms with E-state index in [1.54, 1.807) is 47.4 Å². The minimum atomic E-state index is -3.55. The Balaban J connectivity index is 1.42. The van der Waals surface area contributed by atoms with Gasteiger partial charge in [0.25, 0.3) is 0 Å². The number of halogens is 1. The van der Waals surface area contributed by atoms with E-state index < -0.39 is 10.0 Å². The number of sulfonamides is 1. The van der Waals surface area contributed by atoms with E-state index >= 15 is 0 Å². The normalized spacial score (nSPS) is 18.3. The number of carbonyl (C=O) groups is 1. The Morgan fingerprint density at radius 2 is 1.67 bits per heavy atom. The van der Waals surface area contributed by atoms with Crippen molar-refractivity contribution in [2.75, 3.05) is 13.1 Å². The summed E-state index contributed by atoms with van der Waals surface area (Å²) in [4.78, 5) is 15.3. The van der Waals surface area contributed by atoms with Crippen molar-refractivity contribution < 1.29 is 17.6 Å². The molecule has 0 bridgehead atoms. The van der Waals surface area contributed by atoms with E-state index in [0.29, 0.717) is 31.5 Å². The number of hydrogen-bond donors (Lipinski definition) is 0. The highest BCUT2D eigenvalue weighted by Gasteiger charge is 2.38. The van der Waals surface area contributed by atoms with E-state index in [1.165, 1.54) is 10.4 Å². The molecule has 5 nitrogen and oxygen atoms in total. The Morgan fingerprint density at radius 1 is 1.03 bits per heavy atom. The first-order valence-electron chi connectivity index (χ1n) is 10.5. The van der Waals surface area contributed by atoms with Gasteiger partial charge in [-0.05, 0) is 50.8 Å². The molecule has 0 N–H and O–H groups in total. The molecular formula is C23H27FN2O3S. The first kappa shape index (κ1) is 21.0. The van der Waals surface area contributed by atoms with Crippen molar-refractivity contribution in [1.82, 2.24) is 9.21 Å². The van der Waals surface area contributed by atoms with Crippen LogP contribution in [-0.2, 0) is 21.4 Å². The molecule has 1 amide bonds. The zero-order valence-corrected chi connectivity index (χ0v) is 17.9. The zero-order chi connectivity index (χ0) is 21.3. The van der Waals surface area contributed by atoms with E-state index in [0.717, 1.165) is 18.4 Å². The monoisotopic (exact) mass is 430 g/mol. The Hall–Kier alpha value is -2.25. The predicted octanol–water partition coefficient (Wildman–Crippen LogP) is 3.73. The molecule has 0 radical (unpaired) electrons. The molecule has 2 aromatic carbocycles. The molecule has 7 heteroatoms. The molecule has 0 spiro atoms. The number of amides is 1. The number of carbonyl (C=O) groups excluding carboxylic acids is 1. The molecule has 1 heterocycles. The molecule has 1 saturated carbocycles. The van der Waals surface area contributed by atoms with Gasteiger partial charge in [0, 0.05) is 37.2 Å². The Labute approximate surface area is 177 Å². The van der Waals surface area contributed by atoms with Gasteiger partial charge in [0.1, 0.15) is 5.82 Å². The molecule has 2 fully saturated rings. The van der Waals surface area contributed by atoms with Gasteiger partial charge >= 0.3 is 0 Å². The lowest BCUT2D eigenvalue weighted by molar-refractivity contribution is -0.138. The summed E-state index contributed by atoms with van der Waals surface area (Å²) in [6.07, 6.45) is 2.87. The van der Waals surface area contributed by atoms with Crippen LogP contribution >= 0.6 is 0 Å². The predicted molar refractivity (Wildman–Crippen MR) is 113 cm³/mol. The van der Waals surface area contributed by atoms with Crippen molar-refractivity contribution in [2.45, 2.75) is 50.1 Å². The summed E-state index contributed by atoms with van der Waals surface area (Å²) in [5.41, 5.74) is 1.53. The molecule has 1 aliphatic heterocycles. The van der Waals surface area contributed by atoms with Crippen LogP contribution in [0.25, 0.3) is 0 Å². The smallest absolute Gasteiger partial charge is 0.243 e. The van der Waals surface area contributed by atoms with E-state index in [-0.39, 0.29) is 35.1 Å². The Bertz CT molecular complexity index is 1010. The summed E-state index contributed by atoms with van der Waals surface area (Å²) in [6, 6.07) is 13.6. The van der Waals surface area contributed by atoms with E-state index in [9.17, 15) is 17.6 Å². The van der Waals surface area contributed by atoms with Crippen LogP contribution in [0, 0.1) is 18.7 Å². The molecule has 2 aromatic rings. The molecule has 160 valence electrons. The first-order chi connectivity index (χ1) is 14.4. The highest BCUT2D eigenvalue weighted by atomic mass is 32.2. The van der Waals surface area contributed by atoms with Crippen LogP contribution in [0.15, 0.2) is 53.4 Å². The van der Waals surface area contributed by atoms with E-state index in [1.807, 2.05) is 6.92 Å². The third-order valence-corrected chi connectivity index (χ3v) is 7.94. The summed E-state index contributed by atoms with van der Waals surface area (Å²) in [6.45, 7) is 2.84. The molecule has 1 saturated heterocycles. The molecular weight excluding hydrogens is 403 g/mol. The molecule has 2 aliphatic rings. The van der Waals surface area contributed by atoms with Crippen molar-refractivity contribution in [3.8, 4) is 0 Å². The maximum Gasteiger partial charge on any atom is 0.243 e. The van der Waals surface area contributed by atoms with Gasteiger partial charge in [-0.2, -0.15) is 4.31 Å². The fraction of sp³-hybridized carbons (Fsp3) is 0.435. The van der Waals surface area contributed by atoms with Crippen LogP contribution in [0.3, 0.4) is 0 Å². The Morgan fingerprint density at radius 3 is 2.27 bits per heavy atom. The van der Waals surface area contributed by atoms with E-state index in [4.69, 9.17) is 0 Å². The van der Waals surface area contributed by atoms with Gasteiger partial charge in [-0.15, -0.1) is 0 Å². The quantitative estimate of drug-likeness (QED) is 0.702. The second-order valence-electron chi connectivity index (χ2n) is 8.28. The molecule has 0 aromatic heterocycles. The van der Waals surface area contributed by atoms with Crippen LogP contribution in [0.5, 0.6) is 0 Å². The highest BCUT2D eigenvalue weighted by Crippen LogP contribution is 2.33. The van der Waals surface area contributed by atoms with Crippen LogP contribution in [0.2, 0.25) is 0 Å². The summed E-state index contributed by atoms with van der Waals surface area (Å²) >= 11 is 0. The third-order valence-electron chi connectivity index (χ3n) is 6.03. The molecule has 0 atom stereocenters. The fourth-order valence-electron chi connectivity index (χ4n) is 4.02. The average Bonchev–Trinajstić information content (AvgIpc) is 3.58. The summed E-state index contributed by atoms with van der Waals surface area (Å²) in [7, 11) is -3.55. The second kappa shape index (κ2) is 8.47. The second-order valence-corrected chi connectivity index (χ2v) is 10.2. The number of nitrogens with zero attached hydrogens (tertiary/aromatic N) is 2. The minimum absolute atomic E-state index is 0.0214. The number of rotatable bonds is 6. The minimum Gasteiger partial charge on any atom is -0.335 e. The standard InChI is InChI=1S/C23H27FN2O3S/c1-17-6-10-21(11-7-17)30(28,29)25-14-12-18(13-15-25)23(27)26(20-8-9-20)16-19-4-2-3-5-22(19)24/h2-7,10-11,18,20H,8-9,12-16H2,1H3. The average molecular weight is 431 g/mol. The summed E-state index contributed by atoms with van der Waals surface area (Å²) in [5.74, 6) is -0.495. The lowest BCUT2D eigenvalue weighted by Crippen LogP contribution is -2.44. The van der Waals surface area contributed by atoms with Gasteiger partial charge < -0.3 is 4.90 Å². The van der Waals surface area contributed by atoms with Gasteiger partial charge in [-0.1, -0.05) is 35.9 Å². The molecule has 4 rings (SSSR count). The third kappa shape index (κ3) is 4.42. The molecule has 0 unspecified atom stereocenters. The maximum atomic E-state index is 14.1. The largest absolute Gasteiger partial charge is 0.335 e. The summed E-state index contributed by atoms with van der Waals surface area (Å²) in [5, 5.41) is 0. The molecule has 1 aliphatic carbocycles. The number of aryl methyl sites for hydroxylation is 1. The number of hydrogen-bond acceptors (Lipinski definition) is 3. The van der Waals surface area contributed by atoms with E-state index in [2.05, 4.69) is 0 Å². The fourth-order valence-corrected chi connectivity index (χ4v) is 5.49. The van der Waals surface area contributed by atoms with Crippen molar-refractivity contribution in [1.29, 1.82) is 0 Å². The molecule has 30 heavy (non-hydrogen) atoms. The van der Waals surface area contributed by atoms with Crippen molar-refractivity contribution >= 4 is 15.9 Å². The SMILES string of the molecule is Cc1ccc(S(=O)(=O)N2CCC(C(=O)N(Cc3ccccc3F)C3CC3)CC2)cc1. The van der Waals surface area contributed by atoms with Gasteiger partial charge in [0.05, 0.1) is 4.90 Å². The Kier molecular flexibility index (Phi) is 5.93. The van der Waals surface area contributed by atoms with Gasteiger partial charge in [-0.25, -0.2) is 12.8 Å². The van der Waals surface area contributed by atoms with Gasteiger partial charge in [0.2, 0.25) is 15.9 Å². The van der Waals surface area contributed by atoms with Crippen LogP contribution < -0.4 is 0 Å². The van der Waals surface area contributed by atoms with Gasteiger partial charge in [-0.3, -0.25) is 4.79 Å². The number of piperidine rings is 1. The van der Waals surface area contributed by atoms with Crippen LogP contribution in [-0.4, -0.2) is 42.7 Å².